The largest absolute Gasteiger partial charge is 0.335 e. The van der Waals surface area contributed by atoms with E-state index in [0.717, 1.165) is 25.9 Å². The van der Waals surface area contributed by atoms with Gasteiger partial charge in [0.2, 0.25) is 0 Å². The van der Waals surface area contributed by atoms with Gasteiger partial charge < -0.3 is 15.5 Å². The Morgan fingerprint density at radius 1 is 1.31 bits per heavy atom. The van der Waals surface area contributed by atoms with Crippen LogP contribution in [0.3, 0.4) is 0 Å². The summed E-state index contributed by atoms with van der Waals surface area (Å²) in [6.45, 7) is 1.94. The molecule has 0 aromatic rings. The Kier molecular flexibility index (Phi) is 4.04. The lowest BCUT2D eigenvalue weighted by atomic mass is 10.00. The molecule has 0 radical (unpaired) electrons. The third-order valence-corrected chi connectivity index (χ3v) is 3.52. The highest BCUT2D eigenvalue weighted by Crippen LogP contribution is 2.22. The van der Waals surface area contributed by atoms with Gasteiger partial charge in [0.25, 0.3) is 0 Å². The molecule has 0 aromatic carbocycles. The predicted octanol–water partition coefficient (Wildman–Crippen LogP) is 1.32. The fraction of sp³-hybridized carbons (Fsp3) is 0.917. The van der Waals surface area contributed by atoms with Crippen molar-refractivity contribution in [1.29, 1.82) is 0 Å². The molecule has 2 aliphatic rings. The van der Waals surface area contributed by atoms with Gasteiger partial charge in [-0.2, -0.15) is 0 Å². The van der Waals surface area contributed by atoms with Gasteiger partial charge in [0.15, 0.2) is 0 Å². The van der Waals surface area contributed by atoms with Crippen molar-refractivity contribution in [3.05, 3.63) is 0 Å². The lowest BCUT2D eigenvalue weighted by Gasteiger charge is -2.35. The lowest BCUT2D eigenvalue weighted by molar-refractivity contribution is 0.146. The van der Waals surface area contributed by atoms with Crippen LogP contribution < -0.4 is 10.6 Å². The van der Waals surface area contributed by atoms with Crippen molar-refractivity contribution in [1.82, 2.24) is 15.5 Å². The number of rotatable bonds is 4. The maximum absolute atomic E-state index is 12.0. The van der Waals surface area contributed by atoms with Crippen LogP contribution in [0, 0.1) is 0 Å². The molecule has 2 fully saturated rings. The van der Waals surface area contributed by atoms with E-state index >= 15 is 0 Å². The molecule has 2 amide bonds. The van der Waals surface area contributed by atoms with Crippen molar-refractivity contribution >= 4 is 6.03 Å². The van der Waals surface area contributed by atoms with Crippen molar-refractivity contribution in [2.75, 3.05) is 20.1 Å². The number of piperidine rings is 1. The van der Waals surface area contributed by atoms with Gasteiger partial charge in [0, 0.05) is 18.6 Å². The molecule has 1 saturated heterocycles. The number of nitrogens with zero attached hydrogens (tertiary/aromatic N) is 1. The lowest BCUT2D eigenvalue weighted by Crippen LogP contribution is -2.49. The Balaban J connectivity index is 1.84. The van der Waals surface area contributed by atoms with Crippen molar-refractivity contribution in [2.45, 2.75) is 50.6 Å². The van der Waals surface area contributed by atoms with Gasteiger partial charge in [-0.05, 0) is 52.1 Å². The van der Waals surface area contributed by atoms with E-state index in [4.69, 9.17) is 0 Å². The molecule has 1 saturated carbocycles. The van der Waals surface area contributed by atoms with Gasteiger partial charge in [-0.3, -0.25) is 0 Å². The summed E-state index contributed by atoms with van der Waals surface area (Å²) >= 11 is 0. The molecular formula is C12H23N3O. The average molecular weight is 225 g/mol. The zero-order chi connectivity index (χ0) is 11.4. The smallest absolute Gasteiger partial charge is 0.317 e. The van der Waals surface area contributed by atoms with E-state index in [9.17, 15) is 4.79 Å². The van der Waals surface area contributed by atoms with Gasteiger partial charge in [-0.1, -0.05) is 0 Å². The zero-order valence-electron chi connectivity index (χ0n) is 10.2. The second-order valence-corrected chi connectivity index (χ2v) is 4.96. The number of carbonyl (C=O) groups is 1. The van der Waals surface area contributed by atoms with Crippen molar-refractivity contribution in [3.63, 3.8) is 0 Å². The van der Waals surface area contributed by atoms with Crippen LogP contribution in [0.1, 0.15) is 38.5 Å². The first kappa shape index (κ1) is 11.7. The van der Waals surface area contributed by atoms with Crippen LogP contribution in [0.2, 0.25) is 0 Å². The SMILES string of the molecule is CNCCC1CCCCN1C(=O)NC1CC1. The van der Waals surface area contributed by atoms with Gasteiger partial charge in [0.1, 0.15) is 0 Å². The number of urea groups is 1. The predicted molar refractivity (Wildman–Crippen MR) is 64.4 cm³/mol. The van der Waals surface area contributed by atoms with Gasteiger partial charge in [0.05, 0.1) is 0 Å². The van der Waals surface area contributed by atoms with Gasteiger partial charge >= 0.3 is 6.03 Å². The highest BCUT2D eigenvalue weighted by atomic mass is 16.2. The molecule has 92 valence electrons. The standard InChI is InChI=1S/C12H23N3O/c1-13-8-7-11-4-2-3-9-15(11)12(16)14-10-5-6-10/h10-11,13H,2-9H2,1H3,(H,14,16). The third-order valence-electron chi connectivity index (χ3n) is 3.52. The number of amides is 2. The maximum atomic E-state index is 12.0. The Bertz CT molecular complexity index is 240. The van der Waals surface area contributed by atoms with E-state index in [1.165, 1.54) is 25.7 Å². The molecule has 0 spiro atoms. The molecule has 1 aliphatic heterocycles. The normalized spacial score (nSPS) is 25.6. The summed E-state index contributed by atoms with van der Waals surface area (Å²) in [5.74, 6) is 0. The van der Waals surface area contributed by atoms with E-state index in [-0.39, 0.29) is 6.03 Å². The first-order valence-electron chi connectivity index (χ1n) is 6.53. The van der Waals surface area contributed by atoms with E-state index in [1.54, 1.807) is 0 Å². The summed E-state index contributed by atoms with van der Waals surface area (Å²) in [6, 6.07) is 1.09. The van der Waals surface area contributed by atoms with Crippen molar-refractivity contribution in [2.24, 2.45) is 0 Å². The maximum Gasteiger partial charge on any atom is 0.317 e. The molecule has 1 aliphatic carbocycles. The monoisotopic (exact) mass is 225 g/mol. The van der Waals surface area contributed by atoms with Crippen LogP contribution in [-0.4, -0.2) is 43.2 Å². The molecule has 4 nitrogen and oxygen atoms in total. The van der Waals surface area contributed by atoms with Gasteiger partial charge in [-0.25, -0.2) is 4.79 Å². The van der Waals surface area contributed by atoms with Crippen molar-refractivity contribution < 1.29 is 4.79 Å². The summed E-state index contributed by atoms with van der Waals surface area (Å²) < 4.78 is 0. The molecule has 0 aromatic heterocycles. The van der Waals surface area contributed by atoms with Crippen LogP contribution in [0.4, 0.5) is 4.79 Å². The van der Waals surface area contributed by atoms with Crippen LogP contribution in [0.15, 0.2) is 0 Å². The van der Waals surface area contributed by atoms with Crippen molar-refractivity contribution in [3.8, 4) is 0 Å². The number of hydrogen-bond acceptors (Lipinski definition) is 2. The number of nitrogens with one attached hydrogen (secondary N) is 2. The summed E-state index contributed by atoms with van der Waals surface area (Å²) in [5.41, 5.74) is 0. The minimum Gasteiger partial charge on any atom is -0.335 e. The van der Waals surface area contributed by atoms with E-state index < -0.39 is 0 Å². The summed E-state index contributed by atoms with van der Waals surface area (Å²) in [5, 5.41) is 6.27. The molecular weight excluding hydrogens is 202 g/mol. The number of likely N-dealkylation sites (tertiary alicyclic amines) is 1. The second kappa shape index (κ2) is 5.53. The molecule has 2 N–H and O–H groups in total. The fourth-order valence-corrected chi connectivity index (χ4v) is 2.36. The first-order chi connectivity index (χ1) is 7.81. The Labute approximate surface area is 97.8 Å². The van der Waals surface area contributed by atoms with Crippen LogP contribution in [0.5, 0.6) is 0 Å². The summed E-state index contributed by atoms with van der Waals surface area (Å²) in [6.07, 6.45) is 7.01. The highest BCUT2D eigenvalue weighted by molar-refractivity contribution is 5.75. The minimum absolute atomic E-state index is 0.170. The quantitative estimate of drug-likeness (QED) is 0.758. The van der Waals surface area contributed by atoms with Crippen LogP contribution in [0.25, 0.3) is 0 Å². The Hall–Kier alpha value is -0.770. The van der Waals surface area contributed by atoms with E-state index in [0.29, 0.717) is 12.1 Å². The van der Waals surface area contributed by atoms with Gasteiger partial charge in [-0.15, -0.1) is 0 Å². The molecule has 1 atom stereocenters. The molecule has 1 heterocycles. The topological polar surface area (TPSA) is 44.4 Å². The minimum atomic E-state index is 0.170. The first-order valence-corrected chi connectivity index (χ1v) is 6.53. The Morgan fingerprint density at radius 3 is 2.81 bits per heavy atom. The average Bonchev–Trinajstić information content (AvgIpc) is 3.10. The number of carbonyl (C=O) groups excluding carboxylic acids is 1. The zero-order valence-corrected chi connectivity index (χ0v) is 10.2. The molecule has 16 heavy (non-hydrogen) atoms. The molecule has 0 bridgehead atoms. The highest BCUT2D eigenvalue weighted by Gasteiger charge is 2.30. The Morgan fingerprint density at radius 2 is 2.12 bits per heavy atom. The summed E-state index contributed by atoms with van der Waals surface area (Å²) in [4.78, 5) is 14.1. The van der Waals surface area contributed by atoms with E-state index in [1.807, 2.05) is 7.05 Å². The number of hydrogen-bond donors (Lipinski definition) is 2. The van der Waals surface area contributed by atoms with Crippen LogP contribution >= 0.6 is 0 Å². The fourth-order valence-electron chi connectivity index (χ4n) is 2.36. The molecule has 4 heteroatoms. The van der Waals surface area contributed by atoms with Crippen LogP contribution in [-0.2, 0) is 0 Å². The molecule has 2 rings (SSSR count). The van der Waals surface area contributed by atoms with E-state index in [2.05, 4.69) is 15.5 Å². The second-order valence-electron chi connectivity index (χ2n) is 4.96. The molecule has 1 unspecified atom stereocenters. The third kappa shape index (κ3) is 3.11. The summed E-state index contributed by atoms with van der Waals surface area (Å²) in [7, 11) is 1.97.